The summed E-state index contributed by atoms with van der Waals surface area (Å²) in [5.74, 6) is -0.172. The fraction of sp³-hybridized carbons (Fsp3) is 0.429. The van der Waals surface area contributed by atoms with E-state index >= 15 is 0 Å². The standard InChI is InChI=1S/C14H21N3O2/c1-10(2)14(19)17-12-6-4-5-11(9-12)16-13(18)7-8-15-3/h4-6,9-10,15H,7-8H2,1-3H3,(H,16,18)(H,17,19). The third-order valence-corrected chi connectivity index (χ3v) is 2.54. The Bertz CT molecular complexity index is 444. The molecule has 1 rings (SSSR count). The quantitative estimate of drug-likeness (QED) is 0.733. The van der Waals surface area contributed by atoms with E-state index in [1.807, 2.05) is 13.8 Å². The van der Waals surface area contributed by atoms with Crippen molar-refractivity contribution >= 4 is 23.2 Å². The Morgan fingerprint density at radius 3 is 2.37 bits per heavy atom. The van der Waals surface area contributed by atoms with Crippen LogP contribution in [-0.2, 0) is 9.59 Å². The largest absolute Gasteiger partial charge is 0.326 e. The number of hydrogen-bond acceptors (Lipinski definition) is 3. The average molecular weight is 263 g/mol. The van der Waals surface area contributed by atoms with Gasteiger partial charge in [-0.1, -0.05) is 19.9 Å². The van der Waals surface area contributed by atoms with Gasteiger partial charge in [-0.15, -0.1) is 0 Å². The molecular formula is C14H21N3O2. The van der Waals surface area contributed by atoms with Gasteiger partial charge in [-0.05, 0) is 25.2 Å². The van der Waals surface area contributed by atoms with Crippen LogP contribution in [0, 0.1) is 5.92 Å². The molecule has 0 saturated heterocycles. The molecule has 5 nitrogen and oxygen atoms in total. The summed E-state index contributed by atoms with van der Waals surface area (Å²) < 4.78 is 0. The second-order valence-corrected chi connectivity index (χ2v) is 4.63. The molecule has 0 aliphatic heterocycles. The molecule has 0 aliphatic rings. The molecule has 0 saturated carbocycles. The van der Waals surface area contributed by atoms with Crippen LogP contribution < -0.4 is 16.0 Å². The number of hydrogen-bond donors (Lipinski definition) is 3. The number of carbonyl (C=O) groups excluding carboxylic acids is 2. The summed E-state index contributed by atoms with van der Waals surface area (Å²) >= 11 is 0. The first-order chi connectivity index (χ1) is 9.02. The van der Waals surface area contributed by atoms with Crippen molar-refractivity contribution in [1.82, 2.24) is 5.32 Å². The van der Waals surface area contributed by atoms with Gasteiger partial charge in [0.05, 0.1) is 0 Å². The molecule has 1 aromatic rings. The van der Waals surface area contributed by atoms with Gasteiger partial charge in [0.1, 0.15) is 0 Å². The molecule has 104 valence electrons. The highest BCUT2D eigenvalue weighted by molar-refractivity contribution is 5.94. The lowest BCUT2D eigenvalue weighted by Crippen LogP contribution is -2.19. The van der Waals surface area contributed by atoms with Crippen LogP contribution in [0.3, 0.4) is 0 Å². The summed E-state index contributed by atoms with van der Waals surface area (Å²) in [4.78, 5) is 23.2. The maximum atomic E-state index is 11.6. The Morgan fingerprint density at radius 2 is 1.79 bits per heavy atom. The van der Waals surface area contributed by atoms with Gasteiger partial charge in [0, 0.05) is 30.3 Å². The molecule has 0 heterocycles. The summed E-state index contributed by atoms with van der Waals surface area (Å²) in [7, 11) is 1.80. The smallest absolute Gasteiger partial charge is 0.226 e. The summed E-state index contributed by atoms with van der Waals surface area (Å²) in [6.07, 6.45) is 0.416. The zero-order valence-electron chi connectivity index (χ0n) is 11.6. The van der Waals surface area contributed by atoms with Crippen LogP contribution in [0.15, 0.2) is 24.3 Å². The number of benzene rings is 1. The molecule has 5 heteroatoms. The lowest BCUT2D eigenvalue weighted by Gasteiger charge is -2.10. The van der Waals surface area contributed by atoms with Crippen molar-refractivity contribution in [2.75, 3.05) is 24.2 Å². The van der Waals surface area contributed by atoms with Crippen molar-refractivity contribution in [2.45, 2.75) is 20.3 Å². The number of rotatable bonds is 6. The van der Waals surface area contributed by atoms with Gasteiger partial charge in [-0.25, -0.2) is 0 Å². The molecular weight excluding hydrogens is 242 g/mol. The van der Waals surface area contributed by atoms with Crippen LogP contribution in [-0.4, -0.2) is 25.4 Å². The fourth-order valence-electron chi connectivity index (χ4n) is 1.42. The minimum absolute atomic E-state index is 0.0429. The first kappa shape index (κ1) is 15.2. The summed E-state index contributed by atoms with van der Waals surface area (Å²) in [6.45, 7) is 4.30. The first-order valence-corrected chi connectivity index (χ1v) is 6.38. The second kappa shape index (κ2) is 7.53. The zero-order valence-corrected chi connectivity index (χ0v) is 11.6. The topological polar surface area (TPSA) is 70.2 Å². The lowest BCUT2D eigenvalue weighted by molar-refractivity contribution is -0.119. The van der Waals surface area contributed by atoms with Crippen molar-refractivity contribution in [3.63, 3.8) is 0 Å². The van der Waals surface area contributed by atoms with Gasteiger partial charge in [0.2, 0.25) is 11.8 Å². The van der Waals surface area contributed by atoms with Gasteiger partial charge in [0.25, 0.3) is 0 Å². The fourth-order valence-corrected chi connectivity index (χ4v) is 1.42. The van der Waals surface area contributed by atoms with Gasteiger partial charge in [-0.2, -0.15) is 0 Å². The summed E-state index contributed by atoms with van der Waals surface area (Å²) in [5, 5.41) is 8.50. The molecule has 3 N–H and O–H groups in total. The van der Waals surface area contributed by atoms with Crippen molar-refractivity contribution < 1.29 is 9.59 Å². The van der Waals surface area contributed by atoms with Crippen LogP contribution in [0.1, 0.15) is 20.3 Å². The Kier molecular flexibility index (Phi) is 6.02. The number of carbonyl (C=O) groups is 2. The van der Waals surface area contributed by atoms with E-state index in [4.69, 9.17) is 0 Å². The van der Waals surface area contributed by atoms with Gasteiger partial charge < -0.3 is 16.0 Å². The highest BCUT2D eigenvalue weighted by Gasteiger charge is 2.08. The average Bonchev–Trinajstić information content (AvgIpc) is 2.36. The van der Waals surface area contributed by atoms with E-state index in [-0.39, 0.29) is 17.7 Å². The predicted octanol–water partition coefficient (Wildman–Crippen LogP) is 1.83. The van der Waals surface area contributed by atoms with Gasteiger partial charge in [0.15, 0.2) is 0 Å². The maximum absolute atomic E-state index is 11.6. The summed E-state index contributed by atoms with van der Waals surface area (Å²) in [5.41, 5.74) is 1.37. The molecule has 0 aliphatic carbocycles. The summed E-state index contributed by atoms with van der Waals surface area (Å²) in [6, 6.07) is 7.13. The minimum atomic E-state index is -0.0751. The van der Waals surface area contributed by atoms with Crippen LogP contribution in [0.4, 0.5) is 11.4 Å². The van der Waals surface area contributed by atoms with E-state index in [9.17, 15) is 9.59 Å². The Hall–Kier alpha value is -1.88. The zero-order chi connectivity index (χ0) is 14.3. The maximum Gasteiger partial charge on any atom is 0.226 e. The van der Waals surface area contributed by atoms with Crippen molar-refractivity contribution in [1.29, 1.82) is 0 Å². The molecule has 0 unspecified atom stereocenters. The van der Waals surface area contributed by atoms with E-state index in [0.717, 1.165) is 0 Å². The predicted molar refractivity (Wildman–Crippen MR) is 77.1 cm³/mol. The van der Waals surface area contributed by atoms with Crippen LogP contribution >= 0.6 is 0 Å². The van der Waals surface area contributed by atoms with E-state index in [0.29, 0.717) is 24.3 Å². The third-order valence-electron chi connectivity index (χ3n) is 2.54. The minimum Gasteiger partial charge on any atom is -0.326 e. The number of nitrogens with one attached hydrogen (secondary N) is 3. The van der Waals surface area contributed by atoms with Gasteiger partial charge in [-0.3, -0.25) is 9.59 Å². The van der Waals surface area contributed by atoms with Crippen molar-refractivity contribution in [3.8, 4) is 0 Å². The van der Waals surface area contributed by atoms with Crippen LogP contribution in [0.2, 0.25) is 0 Å². The Morgan fingerprint density at radius 1 is 1.16 bits per heavy atom. The van der Waals surface area contributed by atoms with E-state index in [2.05, 4.69) is 16.0 Å². The number of amides is 2. The highest BCUT2D eigenvalue weighted by Crippen LogP contribution is 2.16. The van der Waals surface area contributed by atoms with Crippen molar-refractivity contribution in [2.24, 2.45) is 5.92 Å². The molecule has 0 radical (unpaired) electrons. The first-order valence-electron chi connectivity index (χ1n) is 6.38. The Balaban J connectivity index is 2.61. The van der Waals surface area contributed by atoms with Crippen LogP contribution in [0.25, 0.3) is 0 Å². The van der Waals surface area contributed by atoms with E-state index < -0.39 is 0 Å². The van der Waals surface area contributed by atoms with E-state index in [1.54, 1.807) is 31.3 Å². The molecule has 0 fully saturated rings. The van der Waals surface area contributed by atoms with Gasteiger partial charge >= 0.3 is 0 Å². The Labute approximate surface area is 113 Å². The molecule has 19 heavy (non-hydrogen) atoms. The van der Waals surface area contributed by atoms with Crippen LogP contribution in [0.5, 0.6) is 0 Å². The van der Waals surface area contributed by atoms with E-state index in [1.165, 1.54) is 0 Å². The normalized spacial score (nSPS) is 10.3. The SMILES string of the molecule is CNCCC(=O)Nc1cccc(NC(=O)C(C)C)c1. The molecule has 0 bridgehead atoms. The lowest BCUT2D eigenvalue weighted by atomic mass is 10.2. The molecule has 0 aromatic heterocycles. The number of anilines is 2. The monoisotopic (exact) mass is 263 g/mol. The molecule has 2 amide bonds. The molecule has 0 spiro atoms. The van der Waals surface area contributed by atoms with Crippen molar-refractivity contribution in [3.05, 3.63) is 24.3 Å². The molecule has 1 aromatic carbocycles. The third kappa shape index (κ3) is 5.52. The molecule has 0 atom stereocenters. The second-order valence-electron chi connectivity index (χ2n) is 4.63. The highest BCUT2D eigenvalue weighted by atomic mass is 16.2.